The van der Waals surface area contributed by atoms with E-state index in [0.29, 0.717) is 19.0 Å². The summed E-state index contributed by atoms with van der Waals surface area (Å²) in [4.78, 5) is 17.8. The van der Waals surface area contributed by atoms with E-state index in [9.17, 15) is 4.79 Å². The van der Waals surface area contributed by atoms with Gasteiger partial charge in [-0.3, -0.25) is 4.79 Å². The molecule has 2 aromatic rings. The van der Waals surface area contributed by atoms with E-state index < -0.39 is 0 Å². The van der Waals surface area contributed by atoms with E-state index in [-0.39, 0.29) is 36.4 Å². The molecule has 0 aliphatic heterocycles. The first-order valence-corrected chi connectivity index (χ1v) is 9.95. The Morgan fingerprint density at radius 3 is 1.93 bits per heavy atom. The van der Waals surface area contributed by atoms with Crippen LogP contribution in [-0.2, 0) is 17.6 Å². The van der Waals surface area contributed by atoms with Gasteiger partial charge in [0.2, 0.25) is 5.91 Å². The molecule has 30 heavy (non-hydrogen) atoms. The number of methoxy groups -OCH3 is 1. The first-order chi connectivity index (χ1) is 14.0. The van der Waals surface area contributed by atoms with Crippen LogP contribution in [0.5, 0.6) is 5.75 Å². The number of benzene rings is 2. The second-order valence-electron chi connectivity index (χ2n) is 6.78. The second kappa shape index (κ2) is 14.1. The number of likely N-dealkylation sites (N-methyl/N-ethyl adjacent to an activating group) is 1. The third-order valence-corrected chi connectivity index (χ3v) is 4.61. The average Bonchev–Trinajstić information content (AvgIpc) is 2.73. The largest absolute Gasteiger partial charge is 0.497 e. The monoisotopic (exact) mass is 544 g/mol. The maximum atomic E-state index is 11.9. The van der Waals surface area contributed by atoms with Gasteiger partial charge in [0.25, 0.3) is 0 Å². The summed E-state index contributed by atoms with van der Waals surface area (Å²) in [5, 5.41) is 7.33. The fraction of sp³-hybridized carbons (Fsp3) is 0.364. The molecular formula is C22H30ClIN4O2. The van der Waals surface area contributed by atoms with Gasteiger partial charge in [0.15, 0.2) is 5.96 Å². The molecule has 0 saturated carbocycles. The molecule has 0 unspecified atom stereocenters. The van der Waals surface area contributed by atoms with E-state index in [1.54, 1.807) is 21.2 Å². The molecule has 2 N–H and O–H groups in total. The first kappa shape index (κ1) is 26.0. The zero-order valence-corrected chi connectivity index (χ0v) is 20.7. The SMILES string of the molecule is COc1ccc(CCNC(=NCC(=O)N(C)C)NCCc2ccc(Cl)cc2)cc1.I. The van der Waals surface area contributed by atoms with Gasteiger partial charge in [0.1, 0.15) is 12.3 Å². The summed E-state index contributed by atoms with van der Waals surface area (Å²) >= 11 is 5.93. The van der Waals surface area contributed by atoms with Gasteiger partial charge in [-0.25, -0.2) is 4.99 Å². The van der Waals surface area contributed by atoms with E-state index in [1.165, 1.54) is 16.0 Å². The van der Waals surface area contributed by atoms with E-state index in [0.717, 1.165) is 23.6 Å². The molecule has 2 rings (SSSR count). The van der Waals surface area contributed by atoms with Crippen molar-refractivity contribution in [1.82, 2.24) is 15.5 Å². The number of amides is 1. The lowest BCUT2D eigenvalue weighted by molar-refractivity contribution is -0.127. The van der Waals surface area contributed by atoms with Crippen molar-refractivity contribution in [2.75, 3.05) is 40.8 Å². The fourth-order valence-electron chi connectivity index (χ4n) is 2.56. The Labute approximate surface area is 201 Å². The number of hydrogen-bond acceptors (Lipinski definition) is 3. The summed E-state index contributed by atoms with van der Waals surface area (Å²) < 4.78 is 5.18. The first-order valence-electron chi connectivity index (χ1n) is 9.57. The molecule has 8 heteroatoms. The zero-order chi connectivity index (χ0) is 21.1. The summed E-state index contributed by atoms with van der Waals surface area (Å²) in [5.41, 5.74) is 2.38. The number of nitrogens with zero attached hydrogens (tertiary/aromatic N) is 2. The number of carbonyl (C=O) groups excluding carboxylic acids is 1. The van der Waals surface area contributed by atoms with Crippen LogP contribution in [0.1, 0.15) is 11.1 Å². The quantitative estimate of drug-likeness (QED) is 0.289. The van der Waals surface area contributed by atoms with E-state index in [1.807, 2.05) is 48.5 Å². The van der Waals surface area contributed by atoms with Crippen molar-refractivity contribution >= 4 is 47.4 Å². The highest BCUT2D eigenvalue weighted by molar-refractivity contribution is 14.0. The van der Waals surface area contributed by atoms with Gasteiger partial charge in [0, 0.05) is 32.2 Å². The lowest BCUT2D eigenvalue weighted by Gasteiger charge is -2.14. The summed E-state index contributed by atoms with van der Waals surface area (Å²) in [6.45, 7) is 1.51. The number of nitrogens with one attached hydrogen (secondary N) is 2. The maximum Gasteiger partial charge on any atom is 0.243 e. The minimum absolute atomic E-state index is 0. The Morgan fingerprint density at radius 2 is 1.47 bits per heavy atom. The van der Waals surface area contributed by atoms with Gasteiger partial charge < -0.3 is 20.3 Å². The van der Waals surface area contributed by atoms with Crippen LogP contribution in [0.25, 0.3) is 0 Å². The summed E-state index contributed by atoms with van der Waals surface area (Å²) in [6.07, 6.45) is 1.67. The molecule has 0 saturated heterocycles. The molecule has 2 aromatic carbocycles. The smallest absolute Gasteiger partial charge is 0.243 e. The number of rotatable bonds is 9. The molecule has 0 heterocycles. The van der Waals surface area contributed by atoms with E-state index in [4.69, 9.17) is 16.3 Å². The molecule has 6 nitrogen and oxygen atoms in total. The van der Waals surface area contributed by atoms with Crippen molar-refractivity contribution in [1.29, 1.82) is 0 Å². The topological polar surface area (TPSA) is 66.0 Å². The van der Waals surface area contributed by atoms with E-state index in [2.05, 4.69) is 15.6 Å². The molecular weight excluding hydrogens is 515 g/mol. The molecule has 0 aliphatic carbocycles. The molecule has 0 aliphatic rings. The molecule has 0 radical (unpaired) electrons. The van der Waals surface area contributed by atoms with Crippen molar-refractivity contribution in [2.24, 2.45) is 4.99 Å². The molecule has 0 aromatic heterocycles. The maximum absolute atomic E-state index is 11.9. The van der Waals surface area contributed by atoms with Crippen molar-refractivity contribution in [3.8, 4) is 5.75 Å². The van der Waals surface area contributed by atoms with Crippen molar-refractivity contribution in [3.05, 3.63) is 64.7 Å². The molecule has 0 bridgehead atoms. The molecule has 0 spiro atoms. The Kier molecular flexibility index (Phi) is 12.2. The number of halogens is 2. The van der Waals surface area contributed by atoms with Crippen LogP contribution in [0, 0.1) is 0 Å². The lowest BCUT2D eigenvalue weighted by Crippen LogP contribution is -2.40. The average molecular weight is 545 g/mol. The van der Waals surface area contributed by atoms with Gasteiger partial charge in [0.05, 0.1) is 7.11 Å². The second-order valence-corrected chi connectivity index (χ2v) is 7.22. The van der Waals surface area contributed by atoms with Crippen LogP contribution in [0.15, 0.2) is 53.5 Å². The van der Waals surface area contributed by atoms with Crippen LogP contribution < -0.4 is 15.4 Å². The number of ether oxygens (including phenoxy) is 1. The Hall–Kier alpha value is -2.00. The van der Waals surface area contributed by atoms with Crippen molar-refractivity contribution < 1.29 is 9.53 Å². The summed E-state index contributed by atoms with van der Waals surface area (Å²) in [7, 11) is 5.11. The van der Waals surface area contributed by atoms with Gasteiger partial charge in [-0.2, -0.15) is 0 Å². The fourth-order valence-corrected chi connectivity index (χ4v) is 2.68. The standard InChI is InChI=1S/C22H29ClN4O2.HI/c1-27(2)21(28)16-26-22(24-14-12-17-4-8-19(23)9-5-17)25-15-13-18-6-10-20(29-3)11-7-18;/h4-11H,12-16H2,1-3H3,(H2,24,25,26);1H. The lowest BCUT2D eigenvalue weighted by atomic mass is 10.1. The van der Waals surface area contributed by atoms with Gasteiger partial charge in [-0.05, 0) is 48.2 Å². The highest BCUT2D eigenvalue weighted by Crippen LogP contribution is 2.11. The van der Waals surface area contributed by atoms with E-state index >= 15 is 0 Å². The molecule has 0 atom stereocenters. The summed E-state index contributed by atoms with van der Waals surface area (Å²) in [6, 6.07) is 15.8. The normalized spacial score (nSPS) is 10.7. The summed E-state index contributed by atoms with van der Waals surface area (Å²) in [5.74, 6) is 1.43. The Bertz CT molecular complexity index is 796. The van der Waals surface area contributed by atoms with Crippen LogP contribution in [0.2, 0.25) is 5.02 Å². The Morgan fingerprint density at radius 1 is 0.967 bits per heavy atom. The third kappa shape index (κ3) is 9.67. The predicted molar refractivity (Wildman–Crippen MR) is 134 cm³/mol. The number of aliphatic imine (C=N–C) groups is 1. The van der Waals surface area contributed by atoms with Crippen LogP contribution in [0.4, 0.5) is 0 Å². The third-order valence-electron chi connectivity index (χ3n) is 4.36. The molecule has 1 amide bonds. The number of guanidine groups is 1. The highest BCUT2D eigenvalue weighted by Gasteiger charge is 2.05. The predicted octanol–water partition coefficient (Wildman–Crippen LogP) is 3.38. The van der Waals surface area contributed by atoms with Gasteiger partial charge in [-0.1, -0.05) is 35.9 Å². The minimum atomic E-state index is -0.0426. The Balaban J connectivity index is 0.00000450. The van der Waals surface area contributed by atoms with Crippen molar-refractivity contribution in [2.45, 2.75) is 12.8 Å². The zero-order valence-electron chi connectivity index (χ0n) is 17.7. The van der Waals surface area contributed by atoms with Crippen LogP contribution >= 0.6 is 35.6 Å². The van der Waals surface area contributed by atoms with Gasteiger partial charge >= 0.3 is 0 Å². The van der Waals surface area contributed by atoms with Crippen LogP contribution in [0.3, 0.4) is 0 Å². The number of carbonyl (C=O) groups is 1. The molecule has 0 fully saturated rings. The highest BCUT2D eigenvalue weighted by atomic mass is 127. The van der Waals surface area contributed by atoms with Gasteiger partial charge in [-0.15, -0.1) is 24.0 Å². The van der Waals surface area contributed by atoms with Crippen molar-refractivity contribution in [3.63, 3.8) is 0 Å². The number of hydrogen-bond donors (Lipinski definition) is 2. The van der Waals surface area contributed by atoms with Crippen LogP contribution in [-0.4, -0.2) is 57.6 Å². The minimum Gasteiger partial charge on any atom is -0.497 e. The molecule has 164 valence electrons.